The normalized spacial score (nSPS) is 10.8. The highest BCUT2D eigenvalue weighted by Gasteiger charge is 2.16. The van der Waals surface area contributed by atoms with Gasteiger partial charge in [-0.3, -0.25) is 14.4 Å². The van der Waals surface area contributed by atoms with Crippen LogP contribution in [0.1, 0.15) is 33.7 Å². The molecule has 28 heavy (non-hydrogen) atoms. The Morgan fingerprint density at radius 1 is 1.32 bits per heavy atom. The molecule has 0 spiro atoms. The molecule has 11 heteroatoms. The van der Waals surface area contributed by atoms with Crippen LogP contribution < -0.4 is 11.1 Å². The van der Waals surface area contributed by atoms with Crippen LogP contribution in [0.15, 0.2) is 17.8 Å². The van der Waals surface area contributed by atoms with Crippen molar-refractivity contribution in [1.82, 2.24) is 19.6 Å². The van der Waals surface area contributed by atoms with Gasteiger partial charge in [-0.2, -0.15) is 10.1 Å². The van der Waals surface area contributed by atoms with Gasteiger partial charge in [0.15, 0.2) is 6.61 Å². The van der Waals surface area contributed by atoms with Gasteiger partial charge in [0.1, 0.15) is 11.3 Å². The van der Waals surface area contributed by atoms with Gasteiger partial charge in [0.25, 0.3) is 17.6 Å². The fraction of sp³-hybridized carbons (Fsp3) is 0.294. The van der Waals surface area contributed by atoms with Crippen LogP contribution >= 0.6 is 11.3 Å². The number of nitrogens with two attached hydrogens (primary N) is 1. The number of esters is 1. The number of thiophene rings is 1. The lowest BCUT2D eigenvalue weighted by Crippen LogP contribution is -2.22. The molecule has 0 radical (unpaired) electrons. The molecule has 0 fully saturated rings. The molecule has 146 valence electrons. The molecule has 3 rings (SSSR count). The first kappa shape index (κ1) is 19.4. The van der Waals surface area contributed by atoms with Gasteiger partial charge in [-0.25, -0.2) is 9.50 Å². The van der Waals surface area contributed by atoms with Gasteiger partial charge in [-0.1, -0.05) is 0 Å². The fourth-order valence-corrected chi connectivity index (χ4v) is 3.53. The van der Waals surface area contributed by atoms with E-state index in [1.54, 1.807) is 9.90 Å². The minimum absolute atomic E-state index is 0.0857. The van der Waals surface area contributed by atoms with Gasteiger partial charge >= 0.3 is 5.97 Å². The largest absolute Gasteiger partial charge is 0.456 e. The quantitative estimate of drug-likeness (QED) is 0.562. The first-order chi connectivity index (χ1) is 13.4. The second kappa shape index (κ2) is 8.13. The van der Waals surface area contributed by atoms with Crippen molar-refractivity contribution in [3.63, 3.8) is 0 Å². The lowest BCUT2D eigenvalue weighted by molar-refractivity contribution is -0.147. The van der Waals surface area contributed by atoms with Gasteiger partial charge in [-0.15, -0.1) is 11.3 Å². The minimum atomic E-state index is -0.641. The number of nitrogens with one attached hydrogen (secondary N) is 1. The highest BCUT2D eigenvalue weighted by molar-refractivity contribution is 7.14. The monoisotopic (exact) mass is 402 g/mol. The van der Waals surface area contributed by atoms with Crippen LogP contribution in [-0.2, 0) is 20.7 Å². The standard InChI is InChI=1S/C17H18N6O4S/c1-9-11(10(2)23-17(21-9)19-8-20-23)3-4-14(25)27-7-13(24)22-16-12(15(18)26)5-6-28-16/h5-6,8H,3-4,7H2,1-2H3,(H2,18,26)(H,22,24). The summed E-state index contributed by atoms with van der Waals surface area (Å²) in [6.07, 6.45) is 1.91. The first-order valence-corrected chi connectivity index (χ1v) is 9.23. The van der Waals surface area contributed by atoms with Crippen molar-refractivity contribution < 1.29 is 19.1 Å². The van der Waals surface area contributed by atoms with E-state index in [0.29, 0.717) is 17.2 Å². The number of fused-ring (bicyclic) bond motifs is 1. The van der Waals surface area contributed by atoms with E-state index in [0.717, 1.165) is 28.3 Å². The van der Waals surface area contributed by atoms with E-state index < -0.39 is 24.4 Å². The topological polar surface area (TPSA) is 142 Å². The molecule has 0 atom stereocenters. The number of anilines is 1. The Morgan fingerprint density at radius 3 is 2.86 bits per heavy atom. The number of primary amides is 1. The van der Waals surface area contributed by atoms with Gasteiger partial charge in [0, 0.05) is 17.8 Å². The lowest BCUT2D eigenvalue weighted by atomic mass is 10.1. The maximum atomic E-state index is 12.0. The van der Waals surface area contributed by atoms with Crippen LogP contribution in [0.3, 0.4) is 0 Å². The Kier molecular flexibility index (Phi) is 5.64. The van der Waals surface area contributed by atoms with E-state index in [9.17, 15) is 14.4 Å². The molecule has 0 aromatic carbocycles. The van der Waals surface area contributed by atoms with Crippen LogP contribution in [-0.4, -0.2) is 44.0 Å². The summed E-state index contributed by atoms with van der Waals surface area (Å²) in [6.45, 7) is 3.27. The van der Waals surface area contributed by atoms with E-state index in [1.807, 2.05) is 13.8 Å². The summed E-state index contributed by atoms with van der Waals surface area (Å²) in [4.78, 5) is 43.6. The number of nitrogens with zero attached hydrogens (tertiary/aromatic N) is 4. The summed E-state index contributed by atoms with van der Waals surface area (Å²) in [6, 6.07) is 1.51. The number of aromatic nitrogens is 4. The molecule has 3 aromatic heterocycles. The number of amides is 2. The summed E-state index contributed by atoms with van der Waals surface area (Å²) in [5.41, 5.74) is 7.93. The predicted octanol–water partition coefficient (Wildman–Crippen LogP) is 1.02. The summed E-state index contributed by atoms with van der Waals surface area (Å²) in [5, 5.41) is 8.57. The average molecular weight is 402 g/mol. The van der Waals surface area contributed by atoms with Crippen LogP contribution in [0.25, 0.3) is 5.78 Å². The van der Waals surface area contributed by atoms with Crippen molar-refractivity contribution in [2.24, 2.45) is 5.73 Å². The molecule has 3 heterocycles. The van der Waals surface area contributed by atoms with Gasteiger partial charge < -0.3 is 15.8 Å². The van der Waals surface area contributed by atoms with Crippen molar-refractivity contribution in [3.8, 4) is 0 Å². The molecule has 0 aliphatic carbocycles. The predicted molar refractivity (Wildman–Crippen MR) is 101 cm³/mol. The Bertz CT molecular complexity index is 1060. The third-order valence-electron chi connectivity index (χ3n) is 4.12. The van der Waals surface area contributed by atoms with Crippen molar-refractivity contribution in [3.05, 3.63) is 40.3 Å². The summed E-state index contributed by atoms with van der Waals surface area (Å²) >= 11 is 1.16. The summed E-state index contributed by atoms with van der Waals surface area (Å²) < 4.78 is 6.62. The Morgan fingerprint density at radius 2 is 2.11 bits per heavy atom. The molecule has 0 saturated heterocycles. The number of hydrogen-bond donors (Lipinski definition) is 2. The second-order valence-corrected chi connectivity index (χ2v) is 6.89. The SMILES string of the molecule is Cc1nc2ncnn2c(C)c1CCC(=O)OCC(=O)Nc1sccc1C(N)=O. The highest BCUT2D eigenvalue weighted by Crippen LogP contribution is 2.22. The molecule has 0 aliphatic heterocycles. The number of hydrogen-bond acceptors (Lipinski definition) is 8. The van der Waals surface area contributed by atoms with E-state index in [4.69, 9.17) is 10.5 Å². The van der Waals surface area contributed by atoms with Crippen LogP contribution in [0.4, 0.5) is 5.00 Å². The number of ether oxygens (including phenoxy) is 1. The zero-order chi connectivity index (χ0) is 20.3. The first-order valence-electron chi connectivity index (χ1n) is 8.35. The summed E-state index contributed by atoms with van der Waals surface area (Å²) in [7, 11) is 0. The molecule has 10 nitrogen and oxygen atoms in total. The van der Waals surface area contributed by atoms with Gasteiger partial charge in [-0.05, 0) is 37.3 Å². The molecular formula is C17H18N6O4S. The van der Waals surface area contributed by atoms with E-state index in [1.165, 1.54) is 12.4 Å². The smallest absolute Gasteiger partial charge is 0.306 e. The summed E-state index contributed by atoms with van der Waals surface area (Å²) in [5.74, 6) is -1.20. The highest BCUT2D eigenvalue weighted by atomic mass is 32.1. The van der Waals surface area contributed by atoms with Crippen molar-refractivity contribution in [2.45, 2.75) is 26.7 Å². The van der Waals surface area contributed by atoms with Crippen LogP contribution in [0.5, 0.6) is 0 Å². The Labute approximate surface area is 163 Å². The van der Waals surface area contributed by atoms with Gasteiger partial charge in [0.05, 0.1) is 5.56 Å². The third kappa shape index (κ3) is 4.14. The fourth-order valence-electron chi connectivity index (χ4n) is 2.73. The Hall–Kier alpha value is -3.34. The number of aryl methyl sites for hydroxylation is 2. The van der Waals surface area contributed by atoms with E-state index in [-0.39, 0.29) is 12.0 Å². The van der Waals surface area contributed by atoms with Crippen LogP contribution in [0.2, 0.25) is 0 Å². The Balaban J connectivity index is 1.53. The number of carbonyl (C=O) groups excluding carboxylic acids is 3. The molecule has 0 unspecified atom stereocenters. The second-order valence-electron chi connectivity index (χ2n) is 5.97. The zero-order valence-corrected chi connectivity index (χ0v) is 16.1. The molecule has 0 bridgehead atoms. The number of carbonyl (C=O) groups is 3. The molecule has 0 aliphatic rings. The zero-order valence-electron chi connectivity index (χ0n) is 15.3. The molecule has 0 saturated carbocycles. The maximum Gasteiger partial charge on any atom is 0.306 e. The molecule has 2 amide bonds. The molecule has 3 N–H and O–H groups in total. The average Bonchev–Trinajstić information content (AvgIpc) is 3.29. The van der Waals surface area contributed by atoms with Crippen molar-refractivity contribution in [2.75, 3.05) is 11.9 Å². The third-order valence-corrected chi connectivity index (χ3v) is 4.95. The molecule has 3 aromatic rings. The van der Waals surface area contributed by atoms with E-state index >= 15 is 0 Å². The van der Waals surface area contributed by atoms with Crippen LogP contribution in [0, 0.1) is 13.8 Å². The minimum Gasteiger partial charge on any atom is -0.456 e. The lowest BCUT2D eigenvalue weighted by Gasteiger charge is -2.10. The van der Waals surface area contributed by atoms with Crippen molar-refractivity contribution in [1.29, 1.82) is 0 Å². The van der Waals surface area contributed by atoms with Gasteiger partial charge in [0.2, 0.25) is 0 Å². The molecular weight excluding hydrogens is 384 g/mol. The maximum absolute atomic E-state index is 12.0. The van der Waals surface area contributed by atoms with Crippen molar-refractivity contribution >= 4 is 39.9 Å². The number of rotatable bonds is 7. The van der Waals surface area contributed by atoms with E-state index in [2.05, 4.69) is 20.4 Å².